The molecule has 0 heterocycles. The summed E-state index contributed by atoms with van der Waals surface area (Å²) < 4.78 is 5.68. The number of carbonyl (C=O) groups is 1. The number of amides is 2. The molecule has 0 aliphatic heterocycles. The van der Waals surface area contributed by atoms with Crippen LogP contribution in [0.4, 0.5) is 4.79 Å². The third-order valence-electron chi connectivity index (χ3n) is 2.58. The van der Waals surface area contributed by atoms with Gasteiger partial charge in [0.2, 0.25) is 0 Å². The lowest BCUT2D eigenvalue weighted by molar-refractivity contribution is 0.242. The summed E-state index contributed by atoms with van der Waals surface area (Å²) in [5.41, 5.74) is 1.02. The third kappa shape index (κ3) is 4.03. The zero-order valence-corrected chi connectivity index (χ0v) is 10.7. The molecule has 0 bridgehead atoms. The molecular weight excluding hydrogens is 240 g/mol. The van der Waals surface area contributed by atoms with Gasteiger partial charge in [-0.15, -0.1) is 0 Å². The Morgan fingerprint density at radius 3 is 2.26 bits per heavy atom. The van der Waals surface area contributed by atoms with Crippen molar-refractivity contribution in [2.75, 3.05) is 7.05 Å². The highest BCUT2D eigenvalue weighted by atomic mass is 16.5. The number of hydrogen-bond donors (Lipinski definition) is 2. The van der Waals surface area contributed by atoms with E-state index in [-0.39, 0.29) is 6.03 Å². The Morgan fingerprint density at radius 2 is 1.63 bits per heavy atom. The number of benzene rings is 2. The van der Waals surface area contributed by atoms with Gasteiger partial charge in [0.1, 0.15) is 11.5 Å². The van der Waals surface area contributed by atoms with Crippen LogP contribution < -0.4 is 15.4 Å². The zero-order valence-electron chi connectivity index (χ0n) is 10.7. The Kier molecular flexibility index (Phi) is 4.39. The van der Waals surface area contributed by atoms with Gasteiger partial charge in [-0.1, -0.05) is 30.3 Å². The second-order valence-corrected chi connectivity index (χ2v) is 3.99. The van der Waals surface area contributed by atoms with Crippen molar-refractivity contribution < 1.29 is 9.53 Å². The van der Waals surface area contributed by atoms with Gasteiger partial charge in [-0.25, -0.2) is 4.79 Å². The highest BCUT2D eigenvalue weighted by Crippen LogP contribution is 2.20. The minimum absolute atomic E-state index is 0.190. The van der Waals surface area contributed by atoms with Crippen LogP contribution in [0.25, 0.3) is 0 Å². The van der Waals surface area contributed by atoms with E-state index in [9.17, 15) is 4.79 Å². The maximum absolute atomic E-state index is 11.0. The van der Waals surface area contributed by atoms with E-state index in [0.29, 0.717) is 6.54 Å². The normalized spacial score (nSPS) is 9.74. The van der Waals surface area contributed by atoms with Crippen LogP contribution in [0.1, 0.15) is 5.56 Å². The van der Waals surface area contributed by atoms with Gasteiger partial charge in [-0.2, -0.15) is 0 Å². The van der Waals surface area contributed by atoms with Crippen molar-refractivity contribution in [3.05, 3.63) is 60.2 Å². The van der Waals surface area contributed by atoms with Crippen molar-refractivity contribution in [2.45, 2.75) is 6.54 Å². The smallest absolute Gasteiger partial charge is 0.314 e. The summed E-state index contributed by atoms with van der Waals surface area (Å²) in [4.78, 5) is 11.0. The minimum Gasteiger partial charge on any atom is -0.457 e. The largest absolute Gasteiger partial charge is 0.457 e. The molecular formula is C15H16N2O2. The fraction of sp³-hybridized carbons (Fsp3) is 0.133. The molecule has 98 valence electrons. The topological polar surface area (TPSA) is 50.4 Å². The summed E-state index contributed by atoms with van der Waals surface area (Å²) in [5, 5.41) is 5.23. The van der Waals surface area contributed by atoms with Gasteiger partial charge in [0.25, 0.3) is 0 Å². The van der Waals surface area contributed by atoms with E-state index in [2.05, 4.69) is 10.6 Å². The Hall–Kier alpha value is -2.49. The van der Waals surface area contributed by atoms with E-state index < -0.39 is 0 Å². The molecule has 19 heavy (non-hydrogen) atoms. The van der Waals surface area contributed by atoms with Crippen molar-refractivity contribution in [2.24, 2.45) is 0 Å². The summed E-state index contributed by atoms with van der Waals surface area (Å²) in [6, 6.07) is 17.0. The standard InChI is InChI=1S/C15H16N2O2/c1-16-15(18)17-11-12-7-9-14(10-8-12)19-13-5-3-2-4-6-13/h2-10H,11H2,1H3,(H2,16,17,18). The molecule has 2 aromatic rings. The third-order valence-corrected chi connectivity index (χ3v) is 2.58. The number of urea groups is 1. The number of nitrogens with one attached hydrogen (secondary N) is 2. The monoisotopic (exact) mass is 256 g/mol. The van der Waals surface area contributed by atoms with E-state index >= 15 is 0 Å². The Morgan fingerprint density at radius 1 is 1.00 bits per heavy atom. The van der Waals surface area contributed by atoms with Crippen LogP contribution in [-0.4, -0.2) is 13.1 Å². The number of rotatable bonds is 4. The van der Waals surface area contributed by atoms with Gasteiger partial charge in [0.15, 0.2) is 0 Å². The van der Waals surface area contributed by atoms with Crippen LogP contribution in [0.3, 0.4) is 0 Å². The summed E-state index contributed by atoms with van der Waals surface area (Å²) in [6.45, 7) is 0.491. The molecule has 0 atom stereocenters. The van der Waals surface area contributed by atoms with Crippen LogP contribution >= 0.6 is 0 Å². The maximum atomic E-state index is 11.0. The van der Waals surface area contributed by atoms with Crippen molar-refractivity contribution in [3.8, 4) is 11.5 Å². The Balaban J connectivity index is 1.93. The van der Waals surface area contributed by atoms with Crippen molar-refractivity contribution in [1.29, 1.82) is 0 Å². The maximum Gasteiger partial charge on any atom is 0.314 e. The van der Waals surface area contributed by atoms with Crippen LogP contribution in [0, 0.1) is 0 Å². The lowest BCUT2D eigenvalue weighted by atomic mass is 10.2. The molecule has 2 amide bonds. The van der Waals surface area contributed by atoms with E-state index in [1.165, 1.54) is 0 Å². The summed E-state index contributed by atoms with van der Waals surface area (Å²) >= 11 is 0. The van der Waals surface area contributed by atoms with Gasteiger partial charge in [-0.05, 0) is 29.8 Å². The average molecular weight is 256 g/mol. The molecule has 4 heteroatoms. The predicted octanol–water partition coefficient (Wildman–Crippen LogP) is 2.91. The Labute approximate surface area is 112 Å². The second-order valence-electron chi connectivity index (χ2n) is 3.99. The first kappa shape index (κ1) is 13.0. The number of hydrogen-bond acceptors (Lipinski definition) is 2. The lowest BCUT2D eigenvalue weighted by Gasteiger charge is -2.07. The number of carbonyl (C=O) groups excluding carboxylic acids is 1. The Bertz CT molecular complexity index is 524. The first-order chi connectivity index (χ1) is 9.28. The zero-order chi connectivity index (χ0) is 13.5. The highest BCUT2D eigenvalue weighted by molar-refractivity contribution is 5.73. The molecule has 0 aromatic heterocycles. The SMILES string of the molecule is CNC(=O)NCc1ccc(Oc2ccccc2)cc1. The van der Waals surface area contributed by atoms with Gasteiger partial charge < -0.3 is 15.4 Å². The average Bonchev–Trinajstić information content (AvgIpc) is 2.47. The molecule has 0 fully saturated rings. The summed E-state index contributed by atoms with van der Waals surface area (Å²) in [6.07, 6.45) is 0. The van der Waals surface area contributed by atoms with Crippen molar-refractivity contribution >= 4 is 6.03 Å². The summed E-state index contributed by atoms with van der Waals surface area (Å²) in [7, 11) is 1.59. The van der Waals surface area contributed by atoms with Crippen LogP contribution in [0.5, 0.6) is 11.5 Å². The predicted molar refractivity (Wildman–Crippen MR) is 74.3 cm³/mol. The molecule has 2 N–H and O–H groups in total. The molecule has 0 aliphatic rings. The molecule has 0 radical (unpaired) electrons. The van der Waals surface area contributed by atoms with Crippen LogP contribution in [0.15, 0.2) is 54.6 Å². The molecule has 0 aliphatic carbocycles. The highest BCUT2D eigenvalue weighted by Gasteiger charge is 1.99. The van der Waals surface area contributed by atoms with Crippen molar-refractivity contribution in [3.63, 3.8) is 0 Å². The van der Waals surface area contributed by atoms with E-state index in [4.69, 9.17) is 4.74 Å². The van der Waals surface area contributed by atoms with Gasteiger partial charge >= 0.3 is 6.03 Å². The van der Waals surface area contributed by atoms with Gasteiger partial charge in [0, 0.05) is 13.6 Å². The minimum atomic E-state index is -0.190. The van der Waals surface area contributed by atoms with E-state index in [1.54, 1.807) is 7.05 Å². The van der Waals surface area contributed by atoms with Gasteiger partial charge in [0.05, 0.1) is 0 Å². The van der Waals surface area contributed by atoms with Crippen LogP contribution in [-0.2, 0) is 6.54 Å². The molecule has 0 spiro atoms. The fourth-order valence-electron chi connectivity index (χ4n) is 1.57. The molecule has 2 rings (SSSR count). The number of ether oxygens (including phenoxy) is 1. The molecule has 4 nitrogen and oxygen atoms in total. The first-order valence-corrected chi connectivity index (χ1v) is 6.05. The summed E-state index contributed by atoms with van der Waals surface area (Å²) in [5.74, 6) is 1.58. The van der Waals surface area contributed by atoms with Gasteiger partial charge in [-0.3, -0.25) is 0 Å². The molecule has 0 saturated carbocycles. The van der Waals surface area contributed by atoms with Crippen LogP contribution in [0.2, 0.25) is 0 Å². The van der Waals surface area contributed by atoms with E-state index in [0.717, 1.165) is 17.1 Å². The van der Waals surface area contributed by atoms with E-state index in [1.807, 2.05) is 54.6 Å². The molecule has 0 unspecified atom stereocenters. The molecule has 2 aromatic carbocycles. The fourth-order valence-corrected chi connectivity index (χ4v) is 1.57. The number of para-hydroxylation sites is 1. The second kappa shape index (κ2) is 6.44. The first-order valence-electron chi connectivity index (χ1n) is 6.05. The lowest BCUT2D eigenvalue weighted by Crippen LogP contribution is -2.32. The quantitative estimate of drug-likeness (QED) is 0.883. The van der Waals surface area contributed by atoms with Crippen molar-refractivity contribution in [1.82, 2.24) is 10.6 Å². The molecule has 0 saturated heterocycles.